The van der Waals surface area contributed by atoms with Crippen LogP contribution in [0.4, 0.5) is 5.69 Å². The summed E-state index contributed by atoms with van der Waals surface area (Å²) < 4.78 is 0. The van der Waals surface area contributed by atoms with Gasteiger partial charge in [0.25, 0.3) is 5.91 Å². The molecule has 4 heteroatoms. The van der Waals surface area contributed by atoms with E-state index in [2.05, 4.69) is 10.2 Å². The van der Waals surface area contributed by atoms with Crippen LogP contribution in [0.3, 0.4) is 0 Å². The standard InChI is InChI=1S/C9H7ClN2O/c1-2-5-6(10)3-4-7-8(5)9(13)12-11-7/h3-4H,2H2,1H3. The fourth-order valence-electron chi connectivity index (χ4n) is 1.43. The van der Waals surface area contributed by atoms with E-state index in [1.165, 1.54) is 0 Å². The second-order valence-corrected chi connectivity index (χ2v) is 3.19. The lowest BCUT2D eigenvalue weighted by Gasteiger charge is -2.04. The predicted molar refractivity (Wildman–Crippen MR) is 49.7 cm³/mol. The van der Waals surface area contributed by atoms with Gasteiger partial charge < -0.3 is 0 Å². The van der Waals surface area contributed by atoms with Gasteiger partial charge in [0.15, 0.2) is 0 Å². The number of carbonyl (C=O) groups excluding carboxylic acids is 1. The molecule has 66 valence electrons. The summed E-state index contributed by atoms with van der Waals surface area (Å²) in [5, 5.41) is 7.84. The van der Waals surface area contributed by atoms with Crippen LogP contribution in [0.25, 0.3) is 0 Å². The number of rotatable bonds is 1. The number of hydrogen-bond donors (Lipinski definition) is 0. The Bertz CT molecular complexity index is 412. The lowest BCUT2D eigenvalue weighted by Crippen LogP contribution is -1.97. The largest absolute Gasteiger partial charge is 0.297 e. The third-order valence-corrected chi connectivity index (χ3v) is 2.40. The number of halogens is 1. The second-order valence-electron chi connectivity index (χ2n) is 2.78. The van der Waals surface area contributed by atoms with E-state index < -0.39 is 0 Å². The molecule has 0 atom stereocenters. The molecule has 1 aromatic rings. The van der Waals surface area contributed by atoms with Crippen molar-refractivity contribution < 1.29 is 4.79 Å². The molecule has 0 unspecified atom stereocenters. The van der Waals surface area contributed by atoms with Crippen molar-refractivity contribution >= 4 is 23.2 Å². The topological polar surface area (TPSA) is 41.8 Å². The average molecular weight is 195 g/mol. The lowest BCUT2D eigenvalue weighted by atomic mass is 10.0. The molecule has 0 saturated heterocycles. The number of fused-ring (bicyclic) bond motifs is 1. The summed E-state index contributed by atoms with van der Waals surface area (Å²) in [6, 6.07) is 3.46. The van der Waals surface area contributed by atoms with E-state index in [9.17, 15) is 4.79 Å². The van der Waals surface area contributed by atoms with Gasteiger partial charge in [0.2, 0.25) is 0 Å². The van der Waals surface area contributed by atoms with Crippen molar-refractivity contribution in [2.24, 2.45) is 10.2 Å². The Kier molecular flexibility index (Phi) is 1.88. The van der Waals surface area contributed by atoms with E-state index in [4.69, 9.17) is 11.6 Å². The highest BCUT2D eigenvalue weighted by Crippen LogP contribution is 2.33. The molecule has 0 N–H and O–H groups in total. The minimum atomic E-state index is -0.283. The van der Waals surface area contributed by atoms with Crippen molar-refractivity contribution in [2.75, 3.05) is 0 Å². The quantitative estimate of drug-likeness (QED) is 0.677. The van der Waals surface area contributed by atoms with Crippen LogP contribution in [0.2, 0.25) is 5.02 Å². The van der Waals surface area contributed by atoms with Gasteiger partial charge in [-0.2, -0.15) is 0 Å². The Hall–Kier alpha value is -1.22. The van der Waals surface area contributed by atoms with Crippen molar-refractivity contribution in [1.29, 1.82) is 0 Å². The molecule has 0 aromatic heterocycles. The minimum absolute atomic E-state index is 0.283. The molecule has 2 rings (SSSR count). The van der Waals surface area contributed by atoms with Gasteiger partial charge in [-0.05, 0) is 24.1 Å². The Morgan fingerprint density at radius 3 is 2.85 bits per heavy atom. The summed E-state index contributed by atoms with van der Waals surface area (Å²) in [4.78, 5) is 11.3. The maximum absolute atomic E-state index is 11.3. The highest BCUT2D eigenvalue weighted by Gasteiger charge is 2.22. The molecule has 0 spiro atoms. The number of benzene rings is 1. The van der Waals surface area contributed by atoms with Crippen LogP contribution < -0.4 is 0 Å². The van der Waals surface area contributed by atoms with E-state index in [1.54, 1.807) is 12.1 Å². The zero-order valence-electron chi connectivity index (χ0n) is 7.04. The summed E-state index contributed by atoms with van der Waals surface area (Å²) in [5.74, 6) is -0.283. The van der Waals surface area contributed by atoms with Gasteiger partial charge in [0.05, 0.1) is 11.3 Å². The van der Waals surface area contributed by atoms with Crippen molar-refractivity contribution in [1.82, 2.24) is 0 Å². The van der Waals surface area contributed by atoms with Gasteiger partial charge in [-0.15, -0.1) is 10.2 Å². The van der Waals surface area contributed by atoms with Gasteiger partial charge in [-0.25, -0.2) is 0 Å². The maximum Gasteiger partial charge on any atom is 0.297 e. The molecule has 0 saturated carbocycles. The van der Waals surface area contributed by atoms with Gasteiger partial charge in [-0.3, -0.25) is 4.79 Å². The highest BCUT2D eigenvalue weighted by molar-refractivity contribution is 6.32. The van der Waals surface area contributed by atoms with E-state index in [0.717, 1.165) is 12.0 Å². The van der Waals surface area contributed by atoms with Crippen LogP contribution in [-0.4, -0.2) is 5.91 Å². The number of azo groups is 1. The van der Waals surface area contributed by atoms with Gasteiger partial charge in [0.1, 0.15) is 0 Å². The molecule has 1 amide bonds. The fraction of sp³-hybridized carbons (Fsp3) is 0.222. The van der Waals surface area contributed by atoms with Gasteiger partial charge in [-0.1, -0.05) is 18.5 Å². The molecule has 0 fully saturated rings. The summed E-state index contributed by atoms with van der Waals surface area (Å²) >= 11 is 5.94. The Balaban J connectivity index is 2.71. The minimum Gasteiger partial charge on any atom is -0.265 e. The SMILES string of the molecule is CCc1c(Cl)ccc2c1C(=O)N=N2. The summed E-state index contributed by atoms with van der Waals surface area (Å²) in [6.45, 7) is 1.95. The van der Waals surface area contributed by atoms with E-state index >= 15 is 0 Å². The summed E-state index contributed by atoms with van der Waals surface area (Å²) in [5.41, 5.74) is 2.04. The number of nitrogens with zero attached hydrogens (tertiary/aromatic N) is 2. The average Bonchev–Trinajstić information content (AvgIpc) is 2.49. The predicted octanol–water partition coefficient (Wildman–Crippen LogP) is 3.14. The van der Waals surface area contributed by atoms with Crippen LogP contribution in [-0.2, 0) is 6.42 Å². The zero-order valence-corrected chi connectivity index (χ0v) is 7.80. The van der Waals surface area contributed by atoms with E-state index in [1.807, 2.05) is 6.92 Å². The molecular weight excluding hydrogens is 188 g/mol. The molecule has 0 aliphatic carbocycles. The monoisotopic (exact) mass is 194 g/mol. The molecule has 1 aliphatic rings. The third-order valence-electron chi connectivity index (χ3n) is 2.05. The Labute approximate surface area is 80.4 Å². The second kappa shape index (κ2) is 2.92. The first-order valence-corrected chi connectivity index (χ1v) is 4.39. The van der Waals surface area contributed by atoms with Crippen LogP contribution in [0.15, 0.2) is 22.4 Å². The molecule has 1 aromatic carbocycles. The third kappa shape index (κ3) is 1.16. The molecule has 1 heterocycles. The molecule has 1 aliphatic heterocycles. The molecule has 13 heavy (non-hydrogen) atoms. The van der Waals surface area contributed by atoms with Crippen molar-refractivity contribution in [3.8, 4) is 0 Å². The Morgan fingerprint density at radius 2 is 2.15 bits per heavy atom. The maximum atomic E-state index is 11.3. The van der Waals surface area contributed by atoms with E-state index in [-0.39, 0.29) is 5.91 Å². The molecule has 0 radical (unpaired) electrons. The van der Waals surface area contributed by atoms with Crippen LogP contribution in [0, 0.1) is 0 Å². The normalized spacial score (nSPS) is 13.5. The van der Waals surface area contributed by atoms with E-state index in [0.29, 0.717) is 16.3 Å². The van der Waals surface area contributed by atoms with Gasteiger partial charge >= 0.3 is 0 Å². The van der Waals surface area contributed by atoms with Gasteiger partial charge in [0, 0.05) is 5.02 Å². The van der Waals surface area contributed by atoms with Crippen molar-refractivity contribution in [3.05, 3.63) is 28.3 Å². The molecule has 3 nitrogen and oxygen atoms in total. The van der Waals surface area contributed by atoms with Crippen LogP contribution in [0.1, 0.15) is 22.8 Å². The zero-order chi connectivity index (χ0) is 9.42. The highest BCUT2D eigenvalue weighted by atomic mass is 35.5. The number of amides is 1. The van der Waals surface area contributed by atoms with Crippen molar-refractivity contribution in [2.45, 2.75) is 13.3 Å². The number of hydrogen-bond acceptors (Lipinski definition) is 2. The first kappa shape index (κ1) is 8.38. The first-order chi connectivity index (χ1) is 6.24. The molecular formula is C9H7ClN2O. The molecule has 0 bridgehead atoms. The van der Waals surface area contributed by atoms with Crippen LogP contribution >= 0.6 is 11.6 Å². The fourth-order valence-corrected chi connectivity index (χ4v) is 1.72. The summed E-state index contributed by atoms with van der Waals surface area (Å²) in [7, 11) is 0. The lowest BCUT2D eigenvalue weighted by molar-refractivity contribution is 0.100. The van der Waals surface area contributed by atoms with Crippen molar-refractivity contribution in [3.63, 3.8) is 0 Å². The summed E-state index contributed by atoms with van der Waals surface area (Å²) in [6.07, 6.45) is 0.721. The first-order valence-electron chi connectivity index (χ1n) is 4.01. The smallest absolute Gasteiger partial charge is 0.265 e. The van der Waals surface area contributed by atoms with Crippen LogP contribution in [0.5, 0.6) is 0 Å². The number of carbonyl (C=O) groups is 1. The Morgan fingerprint density at radius 1 is 1.38 bits per heavy atom.